The zero-order valence-corrected chi connectivity index (χ0v) is 2.68. The summed E-state index contributed by atoms with van der Waals surface area (Å²) in [6.45, 7) is 0. The molecule has 0 rings (SSSR count). The van der Waals surface area contributed by atoms with E-state index in [1.807, 2.05) is 0 Å². The van der Waals surface area contributed by atoms with E-state index in [9.17, 15) is 0 Å². The average Bonchev–Trinajstić information content (AvgIpc) is 0. The van der Waals surface area contributed by atoms with Gasteiger partial charge in [-0.1, -0.05) is 33.7 Å². The van der Waals surface area contributed by atoms with E-state index in [0.29, 0.717) is 0 Å². The Labute approximate surface area is 67.0 Å². The van der Waals surface area contributed by atoms with Gasteiger partial charge in [-0.25, -0.2) is 0 Å². The van der Waals surface area contributed by atoms with Gasteiger partial charge in [0.05, 0.1) is 0 Å². The molecule has 0 aromatic carbocycles. The topological polar surface area (TPSA) is 0 Å². The SMILES string of the molecule is [BH4-].[BH4-].[BH4-].[BH4-].[Co+2].[Ni+2]. The predicted octanol–water partition coefficient (Wildman–Crippen LogP) is -5.81. The van der Waals surface area contributed by atoms with Crippen LogP contribution in [0.4, 0.5) is 0 Å². The van der Waals surface area contributed by atoms with Gasteiger partial charge in [-0.3, -0.25) is 0 Å². The molecule has 6 heteroatoms. The molecule has 6 heavy (non-hydrogen) atoms. The van der Waals surface area contributed by atoms with Gasteiger partial charge in [0.1, 0.15) is 0 Å². The first-order chi connectivity index (χ1) is 0. The van der Waals surface area contributed by atoms with Gasteiger partial charge < -0.3 is 0 Å². The smallest absolute Gasteiger partial charge is 0.0626 e. The maximum Gasteiger partial charge on any atom is 2.00 e. The van der Waals surface area contributed by atoms with Crippen LogP contribution >= 0.6 is 0 Å². The van der Waals surface area contributed by atoms with Crippen LogP contribution < -0.4 is 0 Å². The van der Waals surface area contributed by atoms with Gasteiger partial charge >= 0.3 is 33.3 Å². The second-order valence-corrected chi connectivity index (χ2v) is 0. The van der Waals surface area contributed by atoms with Gasteiger partial charge in [0.15, 0.2) is 0 Å². The molecule has 0 aliphatic heterocycles. The molecule has 0 nitrogen and oxygen atoms in total. The van der Waals surface area contributed by atoms with Crippen molar-refractivity contribution in [2.75, 3.05) is 0 Å². The molecule has 0 N–H and O–H groups in total. The molecule has 0 bridgehead atoms. The van der Waals surface area contributed by atoms with Crippen molar-refractivity contribution < 1.29 is 33.3 Å². The molecular formula is H16B4CoNi. The summed E-state index contributed by atoms with van der Waals surface area (Å²) in [6, 6.07) is 0. The van der Waals surface area contributed by atoms with Crippen molar-refractivity contribution in [1.82, 2.24) is 0 Å². The molecule has 0 aliphatic rings. The molecule has 0 spiro atoms. The summed E-state index contributed by atoms with van der Waals surface area (Å²) in [5, 5.41) is 0. The first kappa shape index (κ1) is 179. The van der Waals surface area contributed by atoms with Crippen LogP contribution in [0.5, 0.6) is 0 Å². The van der Waals surface area contributed by atoms with E-state index >= 15 is 0 Å². The Kier molecular flexibility index (Phi) is 3260. The first-order valence-electron chi connectivity index (χ1n) is 0. The van der Waals surface area contributed by atoms with Crippen LogP contribution in [-0.4, -0.2) is 33.7 Å². The Bertz CT molecular complexity index is 7.51. The predicted molar refractivity (Wildman–Crippen MR) is 45.3 cm³/mol. The van der Waals surface area contributed by atoms with Crippen LogP contribution in [0.15, 0.2) is 0 Å². The summed E-state index contributed by atoms with van der Waals surface area (Å²) >= 11 is 0. The Morgan fingerprint density at radius 3 is 0.500 bits per heavy atom. The van der Waals surface area contributed by atoms with Crippen molar-refractivity contribution in [3.63, 3.8) is 0 Å². The minimum atomic E-state index is 0. The van der Waals surface area contributed by atoms with Gasteiger partial charge in [-0.2, -0.15) is 0 Å². The normalized spacial score (nSPS) is 0. The van der Waals surface area contributed by atoms with E-state index in [-0.39, 0.29) is 66.9 Å². The molecule has 47 valence electrons. The summed E-state index contributed by atoms with van der Waals surface area (Å²) in [5.41, 5.74) is 0. The Morgan fingerprint density at radius 1 is 0.500 bits per heavy atom. The number of hydrogen-bond donors (Lipinski definition) is 0. The third kappa shape index (κ3) is 60.1. The standard InChI is InChI=1S/4BH4.Co.Ni/h4*1H4;;/q4*-1;2*+2. The second kappa shape index (κ2) is 109. The summed E-state index contributed by atoms with van der Waals surface area (Å²) in [6.07, 6.45) is 0. The van der Waals surface area contributed by atoms with Gasteiger partial charge in [-0.05, 0) is 0 Å². The Balaban J connectivity index is 0. The number of rotatable bonds is 0. The van der Waals surface area contributed by atoms with Crippen molar-refractivity contribution in [2.24, 2.45) is 0 Å². The van der Waals surface area contributed by atoms with Crippen molar-refractivity contribution >= 4 is 33.7 Å². The zero-order chi connectivity index (χ0) is 0. The van der Waals surface area contributed by atoms with Crippen molar-refractivity contribution in [3.8, 4) is 0 Å². The van der Waals surface area contributed by atoms with E-state index in [1.165, 1.54) is 0 Å². The van der Waals surface area contributed by atoms with E-state index in [2.05, 4.69) is 0 Å². The minimum Gasteiger partial charge on any atom is -0.0626 e. The van der Waals surface area contributed by atoms with E-state index in [1.54, 1.807) is 0 Å². The van der Waals surface area contributed by atoms with Crippen LogP contribution in [0.2, 0.25) is 0 Å². The Hall–Kier alpha value is 1.26. The van der Waals surface area contributed by atoms with Gasteiger partial charge in [-0.15, -0.1) is 0 Å². The van der Waals surface area contributed by atoms with Crippen LogP contribution in [0.25, 0.3) is 0 Å². The number of hydrogen-bond acceptors (Lipinski definition) is 0. The van der Waals surface area contributed by atoms with E-state index in [0.717, 1.165) is 0 Å². The van der Waals surface area contributed by atoms with Crippen molar-refractivity contribution in [3.05, 3.63) is 0 Å². The van der Waals surface area contributed by atoms with Crippen molar-refractivity contribution in [1.29, 1.82) is 0 Å². The molecular weight excluding hydrogens is 161 g/mol. The maximum atomic E-state index is 0. The van der Waals surface area contributed by atoms with Gasteiger partial charge in [0.25, 0.3) is 0 Å². The first-order valence-corrected chi connectivity index (χ1v) is 0. The van der Waals surface area contributed by atoms with Crippen LogP contribution in [0.1, 0.15) is 0 Å². The fourth-order valence-corrected chi connectivity index (χ4v) is 0. The molecule has 0 saturated heterocycles. The molecule has 0 atom stereocenters. The van der Waals surface area contributed by atoms with Crippen molar-refractivity contribution in [2.45, 2.75) is 0 Å². The molecule has 0 aromatic rings. The van der Waals surface area contributed by atoms with Gasteiger partial charge in [0, 0.05) is 0 Å². The summed E-state index contributed by atoms with van der Waals surface area (Å²) in [4.78, 5) is 0. The zero-order valence-electron chi connectivity index (χ0n) is 0.650. The monoisotopic (exact) mass is 177 g/mol. The summed E-state index contributed by atoms with van der Waals surface area (Å²) in [7, 11) is 0. The quantitative estimate of drug-likeness (QED) is 0.323. The van der Waals surface area contributed by atoms with E-state index < -0.39 is 0 Å². The fraction of sp³-hybridized carbons (Fsp3) is 0. The molecule has 0 unspecified atom stereocenters. The van der Waals surface area contributed by atoms with Crippen LogP contribution in [-0.2, 0) is 33.3 Å². The fourth-order valence-electron chi connectivity index (χ4n) is 0. The molecule has 0 saturated carbocycles. The minimum absolute atomic E-state index is 0. The van der Waals surface area contributed by atoms with Crippen LogP contribution in [0.3, 0.4) is 0 Å². The summed E-state index contributed by atoms with van der Waals surface area (Å²) < 4.78 is 0. The third-order valence-electron chi connectivity index (χ3n) is 0. The third-order valence-corrected chi connectivity index (χ3v) is 0. The largest absolute Gasteiger partial charge is 2.00 e. The molecule has 0 aliphatic carbocycles. The molecule has 1 radical (unpaired) electrons. The Morgan fingerprint density at radius 2 is 0.500 bits per heavy atom. The second-order valence-electron chi connectivity index (χ2n) is 0. The molecule has 0 amide bonds. The molecule has 0 aromatic heterocycles. The average molecular weight is 177 g/mol. The van der Waals surface area contributed by atoms with Gasteiger partial charge in [0.2, 0.25) is 0 Å². The maximum absolute atomic E-state index is 0. The summed E-state index contributed by atoms with van der Waals surface area (Å²) in [5.74, 6) is 0. The molecule has 0 fully saturated rings. The van der Waals surface area contributed by atoms with E-state index in [4.69, 9.17) is 0 Å². The van der Waals surface area contributed by atoms with Crippen LogP contribution in [0, 0.1) is 0 Å². The molecule has 0 heterocycles.